The maximum Gasteiger partial charge on any atom is 0.410 e. The standard InChI is InChI=1S/C34H43NO5/c1-30-13-10-24(36)20-32(30)16-17-34(25(21-32)28(37)23-8-5-4-6-9-23)26(30)11-14-31(2)27(34)12-15-33(31)22-35(29(38)40-33)18-7-19-39-3/h4-6,8-9,16-17,21,24,26-27,36H,7,10-15,18-20,22H2,1-3H3. The maximum absolute atomic E-state index is 14.5. The molecule has 6 nitrogen and oxygen atoms in total. The number of carbonyl (C=O) groups excluding carboxylic acids is 2. The molecule has 6 aliphatic carbocycles. The van der Waals surface area contributed by atoms with E-state index in [1.807, 2.05) is 35.2 Å². The number of carbonyl (C=O) groups is 2. The van der Waals surface area contributed by atoms with Gasteiger partial charge >= 0.3 is 6.09 Å². The van der Waals surface area contributed by atoms with Crippen molar-refractivity contribution in [3.05, 3.63) is 59.7 Å². The number of allylic oxidation sites excluding steroid dienone is 4. The van der Waals surface area contributed by atoms with Crippen molar-refractivity contribution in [1.29, 1.82) is 0 Å². The number of hydrogen-bond donors (Lipinski definition) is 1. The molecule has 1 N–H and O–H groups in total. The number of amides is 1. The Morgan fingerprint density at radius 1 is 1.05 bits per heavy atom. The minimum absolute atomic E-state index is 0.0168. The predicted molar refractivity (Wildman–Crippen MR) is 152 cm³/mol. The van der Waals surface area contributed by atoms with Crippen molar-refractivity contribution in [3.8, 4) is 0 Å². The summed E-state index contributed by atoms with van der Waals surface area (Å²) in [4.78, 5) is 29.5. The van der Waals surface area contributed by atoms with E-state index in [1.165, 1.54) is 0 Å². The van der Waals surface area contributed by atoms with E-state index < -0.39 is 11.0 Å². The second-order valence-corrected chi connectivity index (χ2v) is 14.1. The fourth-order valence-corrected chi connectivity index (χ4v) is 10.7. The number of Topliss-reactive ketones (excluding diaryl/α,β-unsaturated/α-hetero) is 1. The highest BCUT2D eigenvalue weighted by molar-refractivity contribution is 6.10. The van der Waals surface area contributed by atoms with Gasteiger partial charge in [-0.1, -0.05) is 62.4 Å². The minimum atomic E-state index is -0.536. The van der Waals surface area contributed by atoms with Crippen LogP contribution in [0.5, 0.6) is 0 Å². The Kier molecular flexibility index (Phi) is 5.81. The largest absolute Gasteiger partial charge is 0.440 e. The molecule has 1 aromatic carbocycles. The van der Waals surface area contributed by atoms with E-state index in [4.69, 9.17) is 9.47 Å². The third-order valence-corrected chi connectivity index (χ3v) is 12.7. The number of aliphatic hydroxyl groups is 1. The monoisotopic (exact) mass is 545 g/mol. The molecule has 0 aromatic heterocycles. The SMILES string of the molecule is COCCCN1CC2(CCC3C45C=CC6(C=C4C(=O)c4ccccc4)CC(O)CCC6(C)C5CCC32C)OC1=O. The molecule has 3 spiro atoms. The lowest BCUT2D eigenvalue weighted by Gasteiger charge is -2.71. The van der Waals surface area contributed by atoms with Crippen LogP contribution in [0.1, 0.15) is 75.6 Å². The molecule has 1 amide bonds. The average molecular weight is 546 g/mol. The number of ether oxygens (including phenoxy) is 2. The molecule has 1 heterocycles. The van der Waals surface area contributed by atoms with Crippen molar-refractivity contribution in [3.63, 3.8) is 0 Å². The van der Waals surface area contributed by atoms with Crippen molar-refractivity contribution >= 4 is 11.9 Å². The molecular weight excluding hydrogens is 502 g/mol. The van der Waals surface area contributed by atoms with Gasteiger partial charge in [0.1, 0.15) is 5.60 Å². The van der Waals surface area contributed by atoms with Crippen LogP contribution in [0.25, 0.3) is 0 Å². The van der Waals surface area contributed by atoms with E-state index in [2.05, 4.69) is 32.1 Å². The molecule has 214 valence electrons. The Hall–Kier alpha value is -2.44. The lowest BCUT2D eigenvalue weighted by molar-refractivity contribution is -0.164. The maximum atomic E-state index is 14.5. The van der Waals surface area contributed by atoms with Crippen LogP contribution in [-0.2, 0) is 9.47 Å². The van der Waals surface area contributed by atoms with Crippen LogP contribution < -0.4 is 0 Å². The zero-order valence-electron chi connectivity index (χ0n) is 24.2. The number of methoxy groups -OCH3 is 1. The fourth-order valence-electron chi connectivity index (χ4n) is 10.7. The number of ketones is 1. The summed E-state index contributed by atoms with van der Waals surface area (Å²) >= 11 is 0. The van der Waals surface area contributed by atoms with Crippen LogP contribution in [0.15, 0.2) is 54.1 Å². The van der Waals surface area contributed by atoms with E-state index in [1.54, 1.807) is 7.11 Å². The van der Waals surface area contributed by atoms with Crippen LogP contribution in [0.4, 0.5) is 4.79 Å². The summed E-state index contributed by atoms with van der Waals surface area (Å²) in [6, 6.07) is 9.71. The van der Waals surface area contributed by atoms with Crippen molar-refractivity contribution in [2.24, 2.45) is 33.5 Å². The number of benzene rings is 1. The Bertz CT molecular complexity index is 1290. The molecule has 4 fully saturated rings. The Balaban J connectivity index is 1.34. The molecule has 0 radical (unpaired) electrons. The Morgan fingerprint density at radius 2 is 1.77 bits per heavy atom. The summed E-state index contributed by atoms with van der Waals surface area (Å²) < 4.78 is 11.7. The zero-order chi connectivity index (χ0) is 28.0. The fraction of sp³-hybridized carbons (Fsp3) is 0.647. The number of hydrogen-bond acceptors (Lipinski definition) is 5. The molecule has 1 aromatic rings. The Labute approximate surface area is 237 Å². The first-order chi connectivity index (χ1) is 19.1. The van der Waals surface area contributed by atoms with Gasteiger partial charge in [-0.15, -0.1) is 0 Å². The molecule has 1 saturated heterocycles. The third kappa shape index (κ3) is 3.18. The molecule has 7 aliphatic rings. The molecule has 6 heteroatoms. The number of rotatable bonds is 6. The third-order valence-electron chi connectivity index (χ3n) is 12.7. The minimum Gasteiger partial charge on any atom is -0.440 e. The van der Waals surface area contributed by atoms with Gasteiger partial charge in [0.25, 0.3) is 0 Å². The van der Waals surface area contributed by atoms with Gasteiger partial charge in [-0.2, -0.15) is 0 Å². The van der Waals surface area contributed by atoms with Gasteiger partial charge in [0.2, 0.25) is 0 Å². The lowest BCUT2D eigenvalue weighted by Crippen LogP contribution is -2.67. The molecule has 8 unspecified atom stereocenters. The normalized spacial score (nSPS) is 44.7. The summed E-state index contributed by atoms with van der Waals surface area (Å²) in [6.45, 7) is 6.67. The van der Waals surface area contributed by atoms with Crippen molar-refractivity contribution in [2.75, 3.05) is 26.8 Å². The van der Waals surface area contributed by atoms with Gasteiger partial charge in [0, 0.05) is 47.6 Å². The van der Waals surface area contributed by atoms with Gasteiger partial charge < -0.3 is 19.5 Å². The summed E-state index contributed by atoms with van der Waals surface area (Å²) in [5.41, 5.74) is 0.151. The highest BCUT2D eigenvalue weighted by atomic mass is 16.6. The first-order valence-electron chi connectivity index (χ1n) is 15.3. The van der Waals surface area contributed by atoms with Gasteiger partial charge in [-0.05, 0) is 68.6 Å². The highest BCUT2D eigenvalue weighted by Crippen LogP contribution is 2.79. The quantitative estimate of drug-likeness (QED) is 0.271. The second-order valence-electron chi connectivity index (χ2n) is 14.1. The van der Waals surface area contributed by atoms with Crippen molar-refractivity contribution in [1.82, 2.24) is 4.90 Å². The van der Waals surface area contributed by atoms with Gasteiger partial charge in [-0.25, -0.2) is 4.79 Å². The lowest BCUT2D eigenvalue weighted by atomic mass is 9.32. The number of fused-ring (bicyclic) bond motifs is 2. The molecule has 1 aliphatic heterocycles. The van der Waals surface area contributed by atoms with Crippen LogP contribution in [0.3, 0.4) is 0 Å². The topological polar surface area (TPSA) is 76.1 Å². The van der Waals surface area contributed by atoms with Crippen LogP contribution in [0.2, 0.25) is 0 Å². The van der Waals surface area contributed by atoms with Crippen LogP contribution >= 0.6 is 0 Å². The van der Waals surface area contributed by atoms with E-state index >= 15 is 0 Å². The molecule has 8 atom stereocenters. The second kappa shape index (κ2) is 8.78. The van der Waals surface area contributed by atoms with E-state index in [-0.39, 0.29) is 40.1 Å². The van der Waals surface area contributed by atoms with Crippen LogP contribution in [-0.4, -0.2) is 60.4 Å². The average Bonchev–Trinajstić information content (AvgIpc) is 3.43. The van der Waals surface area contributed by atoms with E-state index in [9.17, 15) is 14.7 Å². The van der Waals surface area contributed by atoms with Crippen LogP contribution in [0, 0.1) is 33.5 Å². The predicted octanol–water partition coefficient (Wildman–Crippen LogP) is 5.96. The van der Waals surface area contributed by atoms with Crippen molar-refractivity contribution < 1.29 is 24.2 Å². The molecular formula is C34H43NO5. The zero-order valence-corrected chi connectivity index (χ0v) is 24.2. The molecule has 40 heavy (non-hydrogen) atoms. The molecule has 8 rings (SSSR count). The first-order valence-corrected chi connectivity index (χ1v) is 15.3. The Morgan fingerprint density at radius 3 is 2.55 bits per heavy atom. The highest BCUT2D eigenvalue weighted by Gasteiger charge is 2.76. The summed E-state index contributed by atoms with van der Waals surface area (Å²) in [7, 11) is 1.69. The number of aliphatic hydroxyl groups excluding tert-OH is 1. The van der Waals surface area contributed by atoms with Gasteiger partial charge in [-0.3, -0.25) is 4.79 Å². The summed E-state index contributed by atoms with van der Waals surface area (Å²) in [6.07, 6.45) is 13.5. The van der Waals surface area contributed by atoms with Gasteiger partial charge in [0.05, 0.1) is 12.6 Å². The summed E-state index contributed by atoms with van der Waals surface area (Å²) in [5.74, 6) is 0.627. The molecule has 2 bridgehead atoms. The smallest absolute Gasteiger partial charge is 0.410 e. The number of nitrogens with zero attached hydrogens (tertiary/aromatic N) is 1. The van der Waals surface area contributed by atoms with E-state index in [0.29, 0.717) is 32.0 Å². The van der Waals surface area contributed by atoms with Gasteiger partial charge in [0.15, 0.2) is 5.78 Å². The first kappa shape index (κ1) is 26.5. The van der Waals surface area contributed by atoms with Crippen molar-refractivity contribution in [2.45, 2.75) is 76.9 Å². The molecule has 3 saturated carbocycles. The summed E-state index contributed by atoms with van der Waals surface area (Å²) in [5, 5.41) is 10.9. The van der Waals surface area contributed by atoms with E-state index in [0.717, 1.165) is 56.1 Å².